The molecule has 2 aliphatic carbocycles. The summed E-state index contributed by atoms with van der Waals surface area (Å²) in [6.45, 7) is 1.86. The third-order valence-electron chi connectivity index (χ3n) is 3.20. The van der Waals surface area contributed by atoms with Gasteiger partial charge in [-0.1, -0.05) is 12.2 Å². The number of hydrogen-bond donors (Lipinski definition) is 1. The molecule has 0 amide bonds. The van der Waals surface area contributed by atoms with Crippen LogP contribution in [0.3, 0.4) is 0 Å². The lowest BCUT2D eigenvalue weighted by molar-refractivity contribution is 0.0792. The van der Waals surface area contributed by atoms with Crippen molar-refractivity contribution in [2.24, 2.45) is 17.8 Å². The summed E-state index contributed by atoms with van der Waals surface area (Å²) >= 11 is 0. The molecule has 0 aliphatic heterocycles. The number of aliphatic hydroxyl groups is 1. The van der Waals surface area contributed by atoms with Gasteiger partial charge in [0.2, 0.25) is 0 Å². The number of allylic oxidation sites excluding steroid dienone is 2. The molecule has 3 unspecified atom stereocenters. The van der Waals surface area contributed by atoms with Crippen molar-refractivity contribution in [2.75, 3.05) is 19.8 Å². The highest BCUT2D eigenvalue weighted by Crippen LogP contribution is 2.43. The Morgan fingerprint density at radius 1 is 1.31 bits per heavy atom. The standard InChI is InChI=1S/C11H18O2/c12-4-1-5-13-8-11-7-9-2-3-10(11)6-9/h2-3,9-12H,1,4-8H2. The molecule has 0 aromatic rings. The van der Waals surface area contributed by atoms with Crippen LogP contribution in [-0.2, 0) is 4.74 Å². The van der Waals surface area contributed by atoms with Crippen molar-refractivity contribution in [2.45, 2.75) is 19.3 Å². The van der Waals surface area contributed by atoms with E-state index in [4.69, 9.17) is 9.84 Å². The largest absolute Gasteiger partial charge is 0.396 e. The first-order valence-corrected chi connectivity index (χ1v) is 5.27. The van der Waals surface area contributed by atoms with Crippen LogP contribution in [0.4, 0.5) is 0 Å². The first-order valence-electron chi connectivity index (χ1n) is 5.27. The minimum absolute atomic E-state index is 0.247. The minimum Gasteiger partial charge on any atom is -0.396 e. The number of hydrogen-bond acceptors (Lipinski definition) is 2. The van der Waals surface area contributed by atoms with Gasteiger partial charge >= 0.3 is 0 Å². The van der Waals surface area contributed by atoms with E-state index in [1.165, 1.54) is 12.8 Å². The van der Waals surface area contributed by atoms with E-state index >= 15 is 0 Å². The van der Waals surface area contributed by atoms with E-state index in [2.05, 4.69) is 12.2 Å². The van der Waals surface area contributed by atoms with E-state index < -0.39 is 0 Å². The molecule has 0 saturated heterocycles. The molecule has 0 aromatic heterocycles. The zero-order chi connectivity index (χ0) is 9.10. The van der Waals surface area contributed by atoms with Gasteiger partial charge in [0.25, 0.3) is 0 Å². The summed E-state index contributed by atoms with van der Waals surface area (Å²) in [6, 6.07) is 0. The fourth-order valence-electron chi connectivity index (χ4n) is 2.49. The van der Waals surface area contributed by atoms with Crippen molar-refractivity contribution in [3.8, 4) is 0 Å². The third kappa shape index (κ3) is 2.12. The Morgan fingerprint density at radius 2 is 2.23 bits per heavy atom. The fourth-order valence-corrected chi connectivity index (χ4v) is 2.49. The Bertz CT molecular complexity index is 189. The van der Waals surface area contributed by atoms with Gasteiger partial charge in [-0.2, -0.15) is 0 Å². The quantitative estimate of drug-likeness (QED) is 0.517. The summed E-state index contributed by atoms with van der Waals surface area (Å²) in [5.74, 6) is 2.39. The molecule has 74 valence electrons. The van der Waals surface area contributed by atoms with Gasteiger partial charge in [0.05, 0.1) is 0 Å². The van der Waals surface area contributed by atoms with Crippen LogP contribution in [0.2, 0.25) is 0 Å². The number of rotatable bonds is 5. The van der Waals surface area contributed by atoms with Crippen LogP contribution in [0.15, 0.2) is 12.2 Å². The summed E-state index contributed by atoms with van der Waals surface area (Å²) < 4.78 is 5.52. The smallest absolute Gasteiger partial charge is 0.0500 e. The molecule has 1 saturated carbocycles. The van der Waals surface area contributed by atoms with Gasteiger partial charge in [-0.05, 0) is 37.0 Å². The molecule has 2 heteroatoms. The average molecular weight is 182 g/mol. The van der Waals surface area contributed by atoms with Crippen LogP contribution in [-0.4, -0.2) is 24.9 Å². The van der Waals surface area contributed by atoms with E-state index in [1.54, 1.807) is 0 Å². The van der Waals surface area contributed by atoms with Crippen molar-refractivity contribution >= 4 is 0 Å². The second-order valence-corrected chi connectivity index (χ2v) is 4.19. The average Bonchev–Trinajstić information content (AvgIpc) is 2.73. The Morgan fingerprint density at radius 3 is 2.85 bits per heavy atom. The number of fused-ring (bicyclic) bond motifs is 2. The topological polar surface area (TPSA) is 29.5 Å². The minimum atomic E-state index is 0.247. The Kier molecular flexibility index (Phi) is 3.01. The van der Waals surface area contributed by atoms with Crippen LogP contribution in [0, 0.1) is 17.8 Å². The van der Waals surface area contributed by atoms with Crippen molar-refractivity contribution in [3.05, 3.63) is 12.2 Å². The van der Waals surface area contributed by atoms with Gasteiger partial charge in [-0.3, -0.25) is 0 Å². The highest BCUT2D eigenvalue weighted by molar-refractivity contribution is 5.09. The summed E-state index contributed by atoms with van der Waals surface area (Å²) in [4.78, 5) is 0. The molecule has 1 fully saturated rings. The molecular formula is C11H18O2. The van der Waals surface area contributed by atoms with Gasteiger partial charge < -0.3 is 9.84 Å². The van der Waals surface area contributed by atoms with Gasteiger partial charge in [0, 0.05) is 19.8 Å². The van der Waals surface area contributed by atoms with Gasteiger partial charge in [-0.25, -0.2) is 0 Å². The SMILES string of the molecule is OCCCOCC1CC2C=CC1C2. The summed E-state index contributed by atoms with van der Waals surface area (Å²) in [6.07, 6.45) is 8.16. The summed E-state index contributed by atoms with van der Waals surface area (Å²) in [5.41, 5.74) is 0. The normalized spacial score (nSPS) is 35.9. The van der Waals surface area contributed by atoms with Crippen LogP contribution in [0.1, 0.15) is 19.3 Å². The summed E-state index contributed by atoms with van der Waals surface area (Å²) in [7, 11) is 0. The molecule has 0 radical (unpaired) electrons. The lowest BCUT2D eigenvalue weighted by atomic mass is 9.95. The van der Waals surface area contributed by atoms with Crippen LogP contribution in [0.25, 0.3) is 0 Å². The Hall–Kier alpha value is -0.340. The maximum absolute atomic E-state index is 8.57. The Labute approximate surface area is 79.6 Å². The molecule has 13 heavy (non-hydrogen) atoms. The first-order chi connectivity index (χ1) is 6.40. The van der Waals surface area contributed by atoms with E-state index in [9.17, 15) is 0 Å². The summed E-state index contributed by atoms with van der Waals surface area (Å²) in [5, 5.41) is 8.57. The highest BCUT2D eigenvalue weighted by atomic mass is 16.5. The second-order valence-electron chi connectivity index (χ2n) is 4.19. The number of aliphatic hydroxyl groups excluding tert-OH is 1. The molecule has 2 aliphatic rings. The third-order valence-corrected chi connectivity index (χ3v) is 3.20. The first kappa shape index (κ1) is 9.22. The maximum Gasteiger partial charge on any atom is 0.0500 e. The van der Waals surface area contributed by atoms with Crippen LogP contribution in [0.5, 0.6) is 0 Å². The lowest BCUT2D eigenvalue weighted by Gasteiger charge is -2.17. The molecule has 2 bridgehead atoms. The monoisotopic (exact) mass is 182 g/mol. The predicted molar refractivity (Wildman–Crippen MR) is 51.4 cm³/mol. The molecule has 1 N–H and O–H groups in total. The lowest BCUT2D eigenvalue weighted by Crippen LogP contribution is -2.15. The Balaban J connectivity index is 1.64. The van der Waals surface area contributed by atoms with Crippen LogP contribution >= 0.6 is 0 Å². The zero-order valence-corrected chi connectivity index (χ0v) is 7.98. The number of ether oxygens (including phenoxy) is 1. The van der Waals surface area contributed by atoms with Crippen molar-refractivity contribution in [1.82, 2.24) is 0 Å². The fraction of sp³-hybridized carbons (Fsp3) is 0.818. The zero-order valence-electron chi connectivity index (χ0n) is 7.98. The molecular weight excluding hydrogens is 164 g/mol. The van der Waals surface area contributed by atoms with E-state index in [1.807, 2.05) is 0 Å². The highest BCUT2D eigenvalue weighted by Gasteiger charge is 2.35. The van der Waals surface area contributed by atoms with Gasteiger partial charge in [-0.15, -0.1) is 0 Å². The molecule has 0 aromatic carbocycles. The molecule has 3 atom stereocenters. The van der Waals surface area contributed by atoms with Gasteiger partial charge in [0.1, 0.15) is 0 Å². The second kappa shape index (κ2) is 4.25. The van der Waals surface area contributed by atoms with E-state index in [0.717, 1.165) is 30.8 Å². The molecule has 0 heterocycles. The van der Waals surface area contributed by atoms with Gasteiger partial charge in [0.15, 0.2) is 0 Å². The molecule has 2 nitrogen and oxygen atoms in total. The van der Waals surface area contributed by atoms with E-state index in [-0.39, 0.29) is 6.61 Å². The molecule has 0 spiro atoms. The predicted octanol–water partition coefficient (Wildman–Crippen LogP) is 1.60. The maximum atomic E-state index is 8.57. The van der Waals surface area contributed by atoms with Crippen molar-refractivity contribution in [1.29, 1.82) is 0 Å². The van der Waals surface area contributed by atoms with Crippen LogP contribution < -0.4 is 0 Å². The van der Waals surface area contributed by atoms with E-state index in [0.29, 0.717) is 6.61 Å². The molecule has 2 rings (SSSR count). The van der Waals surface area contributed by atoms with Crippen molar-refractivity contribution in [3.63, 3.8) is 0 Å². The van der Waals surface area contributed by atoms with Crippen molar-refractivity contribution < 1.29 is 9.84 Å².